The Morgan fingerprint density at radius 3 is 2.46 bits per heavy atom. The van der Waals surface area contributed by atoms with E-state index in [1.807, 2.05) is 0 Å². The van der Waals surface area contributed by atoms with Gasteiger partial charge in [0.05, 0.1) is 19.1 Å². The summed E-state index contributed by atoms with van der Waals surface area (Å²) in [5, 5.41) is 0. The number of fused-ring (bicyclic) bond motifs is 1. The largest absolute Gasteiger partial charge is 0.493 e. The smallest absolute Gasteiger partial charge is 0.243 e. The third-order valence-electron chi connectivity index (χ3n) is 4.89. The molecule has 28 heavy (non-hydrogen) atoms. The van der Waals surface area contributed by atoms with Crippen LogP contribution in [0.4, 0.5) is 5.69 Å². The lowest BCUT2D eigenvalue weighted by atomic mass is 10.2. The normalized spacial score (nSPS) is 13.5. The highest BCUT2D eigenvalue weighted by Crippen LogP contribution is 2.32. The molecule has 0 N–H and O–H groups in total. The van der Waals surface area contributed by atoms with Gasteiger partial charge in [0.25, 0.3) is 0 Å². The first-order valence-electron chi connectivity index (χ1n) is 8.86. The van der Waals surface area contributed by atoms with E-state index in [0.29, 0.717) is 24.5 Å². The molecule has 2 aromatic rings. The molecular formula is C20H24N2O5S. The Hall–Kier alpha value is -2.58. The Morgan fingerprint density at radius 1 is 1.11 bits per heavy atom. The molecule has 1 aliphatic rings. The molecule has 0 bridgehead atoms. The fourth-order valence-electron chi connectivity index (χ4n) is 3.37. The standard InChI is InChI=1S/C20H24N2O5S/c1-14(23)22-10-9-16-12-17(6-7-18(16)22)28(24,25)21(2)13-15-5-8-19(26-3)20(11-15)27-4/h5-8,11-12H,9-10,13H2,1-4H3. The Morgan fingerprint density at radius 2 is 1.82 bits per heavy atom. The lowest BCUT2D eigenvalue weighted by molar-refractivity contribution is -0.116. The molecule has 0 atom stereocenters. The second-order valence-electron chi connectivity index (χ2n) is 6.66. The molecule has 2 aromatic carbocycles. The maximum absolute atomic E-state index is 13.0. The molecular weight excluding hydrogens is 380 g/mol. The number of carbonyl (C=O) groups is 1. The number of nitrogens with zero attached hydrogens (tertiary/aromatic N) is 2. The van der Waals surface area contributed by atoms with Gasteiger partial charge in [0.1, 0.15) is 0 Å². The summed E-state index contributed by atoms with van der Waals surface area (Å²) in [6.45, 7) is 2.28. The van der Waals surface area contributed by atoms with Gasteiger partial charge in [0, 0.05) is 32.7 Å². The maximum Gasteiger partial charge on any atom is 0.243 e. The lowest BCUT2D eigenvalue weighted by Gasteiger charge is -2.19. The van der Waals surface area contributed by atoms with Gasteiger partial charge in [-0.25, -0.2) is 8.42 Å². The highest BCUT2D eigenvalue weighted by molar-refractivity contribution is 7.89. The van der Waals surface area contributed by atoms with Crippen molar-refractivity contribution in [1.82, 2.24) is 4.31 Å². The van der Waals surface area contributed by atoms with Crippen LogP contribution < -0.4 is 14.4 Å². The highest BCUT2D eigenvalue weighted by Gasteiger charge is 2.27. The van der Waals surface area contributed by atoms with Crippen LogP contribution in [0.1, 0.15) is 18.1 Å². The van der Waals surface area contributed by atoms with Crippen molar-refractivity contribution in [2.45, 2.75) is 24.8 Å². The van der Waals surface area contributed by atoms with Crippen molar-refractivity contribution >= 4 is 21.6 Å². The van der Waals surface area contributed by atoms with Crippen molar-refractivity contribution in [1.29, 1.82) is 0 Å². The second-order valence-corrected chi connectivity index (χ2v) is 8.71. The van der Waals surface area contributed by atoms with E-state index < -0.39 is 10.0 Å². The number of amides is 1. The molecule has 0 fully saturated rings. The summed E-state index contributed by atoms with van der Waals surface area (Å²) < 4.78 is 37.8. The number of anilines is 1. The number of sulfonamides is 1. The number of benzene rings is 2. The van der Waals surface area contributed by atoms with Crippen LogP contribution in [0, 0.1) is 0 Å². The quantitative estimate of drug-likeness (QED) is 0.739. The molecule has 3 rings (SSSR count). The molecule has 0 aliphatic carbocycles. The number of carbonyl (C=O) groups excluding carboxylic acids is 1. The summed E-state index contributed by atoms with van der Waals surface area (Å²) in [6.07, 6.45) is 0.650. The average Bonchev–Trinajstić information content (AvgIpc) is 3.11. The first-order chi connectivity index (χ1) is 13.3. The van der Waals surface area contributed by atoms with Gasteiger partial charge in [-0.1, -0.05) is 6.07 Å². The summed E-state index contributed by atoms with van der Waals surface area (Å²) in [5.41, 5.74) is 2.44. The molecule has 0 spiro atoms. The summed E-state index contributed by atoms with van der Waals surface area (Å²) in [4.78, 5) is 13.6. The van der Waals surface area contributed by atoms with Crippen LogP contribution in [0.2, 0.25) is 0 Å². The molecule has 150 valence electrons. The molecule has 0 unspecified atom stereocenters. The molecule has 1 heterocycles. The third kappa shape index (κ3) is 3.70. The van der Waals surface area contributed by atoms with Crippen LogP contribution in [0.5, 0.6) is 11.5 Å². The van der Waals surface area contributed by atoms with Crippen LogP contribution in [0.25, 0.3) is 0 Å². The zero-order chi connectivity index (χ0) is 20.5. The van der Waals surface area contributed by atoms with Crippen molar-refractivity contribution < 1.29 is 22.7 Å². The van der Waals surface area contributed by atoms with Crippen molar-refractivity contribution in [2.75, 3.05) is 32.7 Å². The predicted octanol–water partition coefficient (Wildman–Crippen LogP) is 2.43. The molecule has 8 heteroatoms. The Labute approximate surface area is 165 Å². The van der Waals surface area contributed by atoms with Gasteiger partial charge in [-0.15, -0.1) is 0 Å². The molecule has 7 nitrogen and oxygen atoms in total. The fourth-order valence-corrected chi connectivity index (χ4v) is 4.58. The average molecular weight is 404 g/mol. The number of hydrogen-bond acceptors (Lipinski definition) is 5. The van der Waals surface area contributed by atoms with E-state index in [1.54, 1.807) is 55.5 Å². The molecule has 0 saturated heterocycles. The minimum Gasteiger partial charge on any atom is -0.493 e. The molecule has 0 saturated carbocycles. The Balaban J connectivity index is 1.84. The zero-order valence-corrected chi connectivity index (χ0v) is 17.2. The van der Waals surface area contributed by atoms with E-state index in [0.717, 1.165) is 16.8 Å². The minimum atomic E-state index is -3.67. The van der Waals surface area contributed by atoms with Crippen LogP contribution >= 0.6 is 0 Å². The van der Waals surface area contributed by atoms with E-state index in [4.69, 9.17) is 9.47 Å². The highest BCUT2D eigenvalue weighted by atomic mass is 32.2. The van der Waals surface area contributed by atoms with Crippen molar-refractivity contribution in [3.63, 3.8) is 0 Å². The van der Waals surface area contributed by atoms with Crippen molar-refractivity contribution in [3.05, 3.63) is 47.5 Å². The molecule has 1 aliphatic heterocycles. The fraction of sp³-hybridized carbons (Fsp3) is 0.350. The third-order valence-corrected chi connectivity index (χ3v) is 6.69. The van der Waals surface area contributed by atoms with Gasteiger partial charge in [-0.3, -0.25) is 4.79 Å². The van der Waals surface area contributed by atoms with E-state index in [-0.39, 0.29) is 17.3 Å². The van der Waals surface area contributed by atoms with Gasteiger partial charge < -0.3 is 14.4 Å². The van der Waals surface area contributed by atoms with Crippen molar-refractivity contribution in [3.8, 4) is 11.5 Å². The SMILES string of the molecule is COc1ccc(CN(C)S(=O)(=O)c2ccc3c(c2)CCN3C(C)=O)cc1OC. The minimum absolute atomic E-state index is 0.0417. The van der Waals surface area contributed by atoms with E-state index in [1.165, 1.54) is 18.3 Å². The summed E-state index contributed by atoms with van der Waals surface area (Å²) in [7, 11) is 0.958. The summed E-state index contributed by atoms with van der Waals surface area (Å²) in [5.74, 6) is 1.10. The van der Waals surface area contributed by atoms with E-state index in [2.05, 4.69) is 0 Å². The number of methoxy groups -OCH3 is 2. The second kappa shape index (κ2) is 7.81. The van der Waals surface area contributed by atoms with Crippen LogP contribution in [-0.4, -0.2) is 46.4 Å². The molecule has 1 amide bonds. The summed E-state index contributed by atoms with van der Waals surface area (Å²) in [6, 6.07) is 10.2. The van der Waals surface area contributed by atoms with Gasteiger partial charge in [-0.05, 0) is 47.9 Å². The summed E-state index contributed by atoms with van der Waals surface area (Å²) >= 11 is 0. The molecule has 0 aromatic heterocycles. The van der Waals surface area contributed by atoms with Crippen LogP contribution in [0.15, 0.2) is 41.3 Å². The Kier molecular flexibility index (Phi) is 5.62. The monoisotopic (exact) mass is 404 g/mol. The van der Waals surface area contributed by atoms with E-state index >= 15 is 0 Å². The number of hydrogen-bond donors (Lipinski definition) is 0. The topological polar surface area (TPSA) is 76.2 Å². The molecule has 0 radical (unpaired) electrons. The maximum atomic E-state index is 13.0. The first kappa shape index (κ1) is 20.2. The first-order valence-corrected chi connectivity index (χ1v) is 10.3. The predicted molar refractivity (Wildman–Crippen MR) is 106 cm³/mol. The van der Waals surface area contributed by atoms with Crippen molar-refractivity contribution in [2.24, 2.45) is 0 Å². The van der Waals surface area contributed by atoms with Gasteiger partial charge in [-0.2, -0.15) is 4.31 Å². The Bertz CT molecular complexity index is 1000. The van der Waals surface area contributed by atoms with Crippen LogP contribution in [0.3, 0.4) is 0 Å². The van der Waals surface area contributed by atoms with Gasteiger partial charge in [0.15, 0.2) is 11.5 Å². The van der Waals surface area contributed by atoms with Gasteiger partial charge in [0.2, 0.25) is 15.9 Å². The lowest BCUT2D eigenvalue weighted by Crippen LogP contribution is -2.27. The van der Waals surface area contributed by atoms with Crippen LogP contribution in [-0.2, 0) is 27.8 Å². The number of rotatable bonds is 6. The van der Waals surface area contributed by atoms with Gasteiger partial charge >= 0.3 is 0 Å². The van der Waals surface area contributed by atoms with E-state index in [9.17, 15) is 13.2 Å². The zero-order valence-electron chi connectivity index (χ0n) is 16.4. The number of ether oxygens (including phenoxy) is 2.